The van der Waals surface area contributed by atoms with E-state index in [1.165, 1.54) is 41.1 Å². The van der Waals surface area contributed by atoms with E-state index in [1.807, 2.05) is 0 Å². The molecule has 3 aromatic heterocycles. The van der Waals surface area contributed by atoms with E-state index in [0.29, 0.717) is 20.3 Å². The molecule has 4 N–H and O–H groups in total. The molecule has 34 heavy (non-hydrogen) atoms. The number of hydrogen-bond acceptors (Lipinski definition) is 14. The molecular weight excluding hydrogens is 533 g/mol. The number of aliphatic carboxylic acids is 1. The van der Waals surface area contributed by atoms with Crippen LogP contribution in [0.1, 0.15) is 0 Å². The fourth-order valence-corrected chi connectivity index (χ4v) is 6.93. The maximum absolute atomic E-state index is 12.7. The van der Waals surface area contributed by atoms with Crippen LogP contribution in [0.25, 0.3) is 11.0 Å². The molecule has 13 nitrogen and oxygen atoms in total. The number of thioether (sulfide) groups is 3. The number of H-pyrrole nitrogens is 1. The van der Waals surface area contributed by atoms with E-state index in [9.17, 15) is 19.5 Å². The fraction of sp³-hybridized carbons (Fsp3) is 0.250. The van der Waals surface area contributed by atoms with E-state index >= 15 is 0 Å². The molecule has 170 valence electrons. The number of nitrogen functional groups attached to an aromatic ring is 1. The van der Waals surface area contributed by atoms with Gasteiger partial charge in [0.25, 0.3) is 5.91 Å². The molecule has 18 heteroatoms. The number of anilines is 1. The number of fused-ring (bicyclic) bond motifs is 2. The summed E-state index contributed by atoms with van der Waals surface area (Å²) in [4.78, 5) is 46.9. The molecule has 0 aliphatic carbocycles. The maximum atomic E-state index is 12.7. The number of carboxylic acid groups (broad SMARTS) is 1. The van der Waals surface area contributed by atoms with Crippen molar-refractivity contribution in [2.75, 3.05) is 17.2 Å². The van der Waals surface area contributed by atoms with E-state index in [0.717, 1.165) is 16.7 Å². The third kappa shape index (κ3) is 4.77. The van der Waals surface area contributed by atoms with Gasteiger partial charge in [0.1, 0.15) is 22.7 Å². The van der Waals surface area contributed by atoms with Crippen molar-refractivity contribution < 1.29 is 49.0 Å². The maximum Gasteiger partial charge on any atom is 1.00 e. The topological polar surface area (TPSA) is 196 Å². The van der Waals surface area contributed by atoms with Crippen LogP contribution in [0.5, 0.6) is 0 Å². The number of nitrogens with zero attached hydrogens (tertiary/aromatic N) is 6. The Labute approximate surface area is 229 Å². The van der Waals surface area contributed by atoms with Crippen LogP contribution in [0, 0.1) is 0 Å². The van der Waals surface area contributed by atoms with E-state index in [4.69, 9.17) is 5.73 Å². The molecule has 2 atom stereocenters. The largest absolute Gasteiger partial charge is 1.00 e. The number of aromatic nitrogens is 6. The summed E-state index contributed by atoms with van der Waals surface area (Å²) in [5.74, 6) is -1.85. The summed E-state index contributed by atoms with van der Waals surface area (Å²) >= 11 is 4.83. The van der Waals surface area contributed by atoms with E-state index in [-0.39, 0.29) is 63.6 Å². The van der Waals surface area contributed by atoms with Crippen molar-refractivity contribution in [2.24, 2.45) is 0 Å². The Kier molecular flexibility index (Phi) is 7.70. The Bertz CT molecular complexity index is 1300. The Morgan fingerprint density at radius 2 is 2.21 bits per heavy atom. The number of nitrogens with one attached hydrogen (secondary N) is 2. The second-order valence-electron chi connectivity index (χ2n) is 6.63. The van der Waals surface area contributed by atoms with E-state index < -0.39 is 23.3 Å². The average molecular weight is 546 g/mol. The predicted octanol–water partition coefficient (Wildman–Crippen LogP) is -3.96. The second-order valence-corrected chi connectivity index (χ2v) is 10.9. The Morgan fingerprint density at radius 1 is 1.38 bits per heavy atom. The van der Waals surface area contributed by atoms with Gasteiger partial charge in [0.2, 0.25) is 5.91 Å². The first-order chi connectivity index (χ1) is 15.9. The third-order valence-corrected chi connectivity index (χ3v) is 8.92. The van der Waals surface area contributed by atoms with Gasteiger partial charge in [0.15, 0.2) is 15.1 Å². The van der Waals surface area contributed by atoms with Gasteiger partial charge in [-0.15, -0.1) is 22.0 Å². The molecule has 1 fully saturated rings. The van der Waals surface area contributed by atoms with Crippen LogP contribution in [0.3, 0.4) is 0 Å². The van der Waals surface area contributed by atoms with Crippen LogP contribution in [0.15, 0.2) is 31.8 Å². The molecule has 0 radical (unpaired) electrons. The van der Waals surface area contributed by atoms with Gasteiger partial charge in [0.05, 0.1) is 29.0 Å². The molecule has 1 unspecified atom stereocenters. The molecule has 1 saturated heterocycles. The van der Waals surface area contributed by atoms with Gasteiger partial charge in [-0.25, -0.2) is 9.97 Å². The molecule has 5 heterocycles. The summed E-state index contributed by atoms with van der Waals surface area (Å²) in [5, 5.41) is 28.9. The summed E-state index contributed by atoms with van der Waals surface area (Å²) in [6.07, 6.45) is 1.49. The normalized spacial score (nSPS) is 19.4. The first-order valence-corrected chi connectivity index (χ1v) is 12.9. The Morgan fingerprint density at radius 3 is 2.94 bits per heavy atom. The molecule has 0 aromatic carbocycles. The monoisotopic (exact) mass is 545 g/mol. The minimum Gasteiger partial charge on any atom is -0.543 e. The molecule has 2 aliphatic heterocycles. The number of amides is 2. The zero-order valence-electron chi connectivity index (χ0n) is 17.3. The van der Waals surface area contributed by atoms with Gasteiger partial charge in [-0.3, -0.25) is 19.6 Å². The van der Waals surface area contributed by atoms with Crippen molar-refractivity contribution in [3.63, 3.8) is 0 Å². The van der Waals surface area contributed by atoms with E-state index in [1.54, 1.807) is 5.51 Å². The predicted molar refractivity (Wildman–Crippen MR) is 120 cm³/mol. The molecular formula is C16H12N9NaO4S4. The van der Waals surface area contributed by atoms with Crippen LogP contribution >= 0.6 is 46.6 Å². The first-order valence-electron chi connectivity index (χ1n) is 9.14. The summed E-state index contributed by atoms with van der Waals surface area (Å²) in [5.41, 5.74) is 7.63. The van der Waals surface area contributed by atoms with Crippen LogP contribution in [0.4, 0.5) is 5.82 Å². The molecule has 0 spiro atoms. The van der Waals surface area contributed by atoms with Crippen LogP contribution in [-0.2, 0) is 14.4 Å². The van der Waals surface area contributed by atoms with Crippen molar-refractivity contribution >= 4 is 81.3 Å². The Hall–Kier alpha value is -1.89. The number of aromatic amines is 1. The van der Waals surface area contributed by atoms with Gasteiger partial charge < -0.3 is 21.0 Å². The average Bonchev–Trinajstić information content (AvgIpc) is 3.47. The first kappa shape index (κ1) is 25.2. The summed E-state index contributed by atoms with van der Waals surface area (Å²) < 4.78 is 0.638. The van der Waals surface area contributed by atoms with Crippen molar-refractivity contribution in [3.05, 3.63) is 22.3 Å². The Balaban J connectivity index is 0.00000274. The number of carbonyl (C=O) groups excluding carboxylic acids is 3. The van der Waals surface area contributed by atoms with Crippen molar-refractivity contribution in [2.45, 2.75) is 20.9 Å². The van der Waals surface area contributed by atoms with Gasteiger partial charge in [0, 0.05) is 10.7 Å². The van der Waals surface area contributed by atoms with Gasteiger partial charge in [-0.2, -0.15) is 5.10 Å². The van der Waals surface area contributed by atoms with E-state index in [2.05, 4.69) is 35.7 Å². The molecule has 2 amide bonds. The minimum absolute atomic E-state index is 0. The number of carboxylic acids is 1. The van der Waals surface area contributed by atoms with Gasteiger partial charge in [-0.05, 0) is 0 Å². The third-order valence-electron chi connectivity index (χ3n) is 4.64. The molecule has 0 bridgehead atoms. The number of rotatable bonds is 7. The minimum atomic E-state index is -1.50. The number of hydrogen-bond donors (Lipinski definition) is 3. The van der Waals surface area contributed by atoms with Crippen molar-refractivity contribution in [1.82, 2.24) is 40.6 Å². The zero-order chi connectivity index (χ0) is 23.1. The number of nitrogens with two attached hydrogens (primary N) is 1. The number of β-lactam (4-membered cyclic amide) rings is 1. The molecule has 2 aliphatic rings. The van der Waals surface area contributed by atoms with Crippen LogP contribution < -0.4 is 45.7 Å². The van der Waals surface area contributed by atoms with Crippen molar-refractivity contribution in [1.29, 1.82) is 0 Å². The molecule has 5 rings (SSSR count). The van der Waals surface area contributed by atoms with Crippen molar-refractivity contribution in [3.8, 4) is 0 Å². The van der Waals surface area contributed by atoms with Crippen LogP contribution in [-0.4, -0.2) is 76.0 Å². The standard InChI is InChI=1S/C16H13N9O4S4.Na/c17-10-5-1-18-23-11(5)22-15(21-10)33-6-2-30-13-8(12(27)25(13)9(6)14(28)29)20-7(26)3-31-16-24-19-4-32-16;/h1,4,8,13H,2-3H2,(H,20,26)(H,28,29)(H3,17,18,21,22,23);/q;+1/p-1/t8?,13-;/m1./s1. The SMILES string of the molecule is Nc1nc(SC2=C(C(=O)[O-])N3C(=O)C(NC(=O)CSc4nncs4)[C@H]3SC2)nc2[nH]ncc12.[Na+]. The van der Waals surface area contributed by atoms with Gasteiger partial charge in [-0.1, -0.05) is 34.9 Å². The van der Waals surface area contributed by atoms with Crippen LogP contribution in [0.2, 0.25) is 0 Å². The molecule has 0 saturated carbocycles. The van der Waals surface area contributed by atoms with Gasteiger partial charge >= 0.3 is 29.6 Å². The zero-order valence-corrected chi connectivity index (χ0v) is 22.5. The summed E-state index contributed by atoms with van der Waals surface area (Å²) in [6, 6.07) is -0.827. The smallest absolute Gasteiger partial charge is 0.543 e. The quantitative estimate of drug-likeness (QED) is 0.113. The number of carbonyl (C=O) groups is 3. The summed E-state index contributed by atoms with van der Waals surface area (Å²) in [7, 11) is 0. The fourth-order valence-electron chi connectivity index (χ4n) is 3.22. The molecule has 3 aromatic rings. The summed E-state index contributed by atoms with van der Waals surface area (Å²) in [6.45, 7) is 0. The second kappa shape index (κ2) is 10.4.